The number of carboxylic acids is 1. The third kappa shape index (κ3) is 2.82. The number of aromatic nitrogens is 1. The van der Waals surface area contributed by atoms with E-state index in [9.17, 15) is 4.79 Å². The van der Waals surface area contributed by atoms with Crippen LogP contribution in [0.5, 0.6) is 0 Å². The summed E-state index contributed by atoms with van der Waals surface area (Å²) in [6, 6.07) is 6.14. The van der Waals surface area contributed by atoms with E-state index in [0.29, 0.717) is 5.75 Å². The van der Waals surface area contributed by atoms with Crippen LogP contribution in [0.3, 0.4) is 0 Å². The fraction of sp³-hybridized carbons (Fsp3) is 0.286. The molecular formula is C14H15NO2S. The molecule has 0 unspecified atom stereocenters. The van der Waals surface area contributed by atoms with Gasteiger partial charge in [0, 0.05) is 22.2 Å². The normalized spacial score (nSPS) is 10.8. The molecule has 0 saturated heterocycles. The third-order valence-corrected chi connectivity index (χ3v) is 3.78. The van der Waals surface area contributed by atoms with Crippen LogP contribution in [0, 0.1) is 13.8 Å². The first-order valence-corrected chi connectivity index (χ1v) is 6.77. The lowest BCUT2D eigenvalue weighted by Crippen LogP contribution is -1.96. The van der Waals surface area contributed by atoms with Gasteiger partial charge in [0.15, 0.2) is 0 Å². The van der Waals surface area contributed by atoms with Crippen LogP contribution in [0.1, 0.15) is 17.5 Å². The topological polar surface area (TPSA) is 50.2 Å². The zero-order valence-corrected chi connectivity index (χ0v) is 11.3. The SMILES string of the molecule is Cc1cc(C)c2c(SCCC(=O)O)ccnc2c1. The number of fused-ring (bicyclic) bond motifs is 1. The summed E-state index contributed by atoms with van der Waals surface area (Å²) in [4.78, 5) is 16.0. The first-order chi connectivity index (χ1) is 8.58. The highest BCUT2D eigenvalue weighted by atomic mass is 32.2. The van der Waals surface area contributed by atoms with Crippen LogP contribution in [0.15, 0.2) is 29.3 Å². The van der Waals surface area contributed by atoms with E-state index in [1.807, 2.05) is 6.07 Å². The maximum atomic E-state index is 10.5. The van der Waals surface area contributed by atoms with Gasteiger partial charge in [-0.1, -0.05) is 6.07 Å². The number of hydrogen-bond donors (Lipinski definition) is 1. The molecule has 0 atom stereocenters. The van der Waals surface area contributed by atoms with Crippen LogP contribution in [0.2, 0.25) is 0 Å². The van der Waals surface area contributed by atoms with Gasteiger partial charge in [0.25, 0.3) is 0 Å². The standard InChI is InChI=1S/C14H15NO2S/c1-9-7-10(2)14-11(8-9)15-5-3-12(14)18-6-4-13(16)17/h3,5,7-8H,4,6H2,1-2H3,(H,16,17). The average molecular weight is 261 g/mol. The molecule has 4 heteroatoms. The number of hydrogen-bond acceptors (Lipinski definition) is 3. The number of carbonyl (C=O) groups is 1. The quantitative estimate of drug-likeness (QED) is 0.857. The molecule has 0 aliphatic carbocycles. The molecule has 1 aromatic carbocycles. The minimum absolute atomic E-state index is 0.180. The van der Waals surface area contributed by atoms with Crippen molar-refractivity contribution in [2.45, 2.75) is 25.2 Å². The lowest BCUT2D eigenvalue weighted by molar-refractivity contribution is -0.136. The van der Waals surface area contributed by atoms with Crippen LogP contribution >= 0.6 is 11.8 Å². The summed E-state index contributed by atoms with van der Waals surface area (Å²) in [5, 5.41) is 9.81. The molecule has 2 rings (SSSR count). The van der Waals surface area contributed by atoms with E-state index in [4.69, 9.17) is 5.11 Å². The predicted molar refractivity (Wildman–Crippen MR) is 74.2 cm³/mol. The Balaban J connectivity index is 2.36. The zero-order valence-electron chi connectivity index (χ0n) is 10.4. The molecular weight excluding hydrogens is 246 g/mol. The molecule has 0 bridgehead atoms. The second-order valence-corrected chi connectivity index (χ2v) is 5.41. The predicted octanol–water partition coefficient (Wildman–Crippen LogP) is 3.42. The van der Waals surface area contributed by atoms with Gasteiger partial charge in [-0.25, -0.2) is 0 Å². The van der Waals surface area contributed by atoms with Crippen molar-refractivity contribution in [1.82, 2.24) is 4.98 Å². The highest BCUT2D eigenvalue weighted by Crippen LogP contribution is 2.30. The Morgan fingerprint density at radius 1 is 1.39 bits per heavy atom. The number of carboxylic acid groups (broad SMARTS) is 1. The van der Waals surface area contributed by atoms with Gasteiger partial charge in [-0.2, -0.15) is 0 Å². The molecule has 94 valence electrons. The molecule has 18 heavy (non-hydrogen) atoms. The van der Waals surface area contributed by atoms with Gasteiger partial charge < -0.3 is 5.11 Å². The van der Waals surface area contributed by atoms with E-state index in [-0.39, 0.29) is 6.42 Å². The van der Waals surface area contributed by atoms with Gasteiger partial charge in [0.2, 0.25) is 0 Å². The minimum Gasteiger partial charge on any atom is -0.481 e. The number of pyridine rings is 1. The van der Waals surface area contributed by atoms with Gasteiger partial charge in [0.1, 0.15) is 0 Å². The number of nitrogens with zero attached hydrogens (tertiary/aromatic N) is 1. The zero-order chi connectivity index (χ0) is 13.1. The van der Waals surface area contributed by atoms with Crippen LogP contribution in [0.4, 0.5) is 0 Å². The Hall–Kier alpha value is -1.55. The lowest BCUT2D eigenvalue weighted by atomic mass is 10.1. The molecule has 0 amide bonds. The summed E-state index contributed by atoms with van der Waals surface area (Å²) in [7, 11) is 0. The Morgan fingerprint density at radius 3 is 2.89 bits per heavy atom. The number of rotatable bonds is 4. The van der Waals surface area contributed by atoms with Crippen molar-refractivity contribution in [3.8, 4) is 0 Å². The Morgan fingerprint density at radius 2 is 2.17 bits per heavy atom. The maximum Gasteiger partial charge on any atom is 0.304 e. The number of thioether (sulfide) groups is 1. The molecule has 0 spiro atoms. The van der Waals surface area contributed by atoms with E-state index in [1.54, 1.807) is 18.0 Å². The summed E-state index contributed by atoms with van der Waals surface area (Å²) < 4.78 is 0. The van der Waals surface area contributed by atoms with Crippen LogP contribution < -0.4 is 0 Å². The summed E-state index contributed by atoms with van der Waals surface area (Å²) in [5.74, 6) is -0.171. The van der Waals surface area contributed by atoms with Gasteiger partial charge in [-0.05, 0) is 37.1 Å². The highest BCUT2D eigenvalue weighted by molar-refractivity contribution is 7.99. The molecule has 2 aromatic rings. The lowest BCUT2D eigenvalue weighted by Gasteiger charge is -2.09. The van der Waals surface area contributed by atoms with Crippen LogP contribution in [-0.2, 0) is 4.79 Å². The van der Waals surface area contributed by atoms with E-state index >= 15 is 0 Å². The van der Waals surface area contributed by atoms with Crippen molar-refractivity contribution >= 4 is 28.6 Å². The van der Waals surface area contributed by atoms with Crippen molar-refractivity contribution < 1.29 is 9.90 Å². The Labute approximate surface area is 110 Å². The second kappa shape index (κ2) is 5.40. The van der Waals surface area contributed by atoms with Gasteiger partial charge in [-0.15, -0.1) is 11.8 Å². The summed E-state index contributed by atoms with van der Waals surface area (Å²) >= 11 is 1.58. The molecule has 3 nitrogen and oxygen atoms in total. The average Bonchev–Trinajstić information content (AvgIpc) is 2.27. The van der Waals surface area contributed by atoms with Gasteiger partial charge in [-0.3, -0.25) is 9.78 Å². The monoisotopic (exact) mass is 261 g/mol. The first kappa shape index (κ1) is 12.9. The summed E-state index contributed by atoms with van der Waals surface area (Å²) in [6.07, 6.45) is 1.96. The third-order valence-electron chi connectivity index (χ3n) is 2.72. The Kier molecular flexibility index (Phi) is 3.87. The Bertz CT molecular complexity index is 596. The van der Waals surface area contributed by atoms with E-state index in [2.05, 4.69) is 31.0 Å². The maximum absolute atomic E-state index is 10.5. The second-order valence-electron chi connectivity index (χ2n) is 4.28. The van der Waals surface area contributed by atoms with Crippen molar-refractivity contribution in [3.05, 3.63) is 35.5 Å². The largest absolute Gasteiger partial charge is 0.481 e. The number of aliphatic carboxylic acids is 1. The van der Waals surface area contributed by atoms with Crippen molar-refractivity contribution in [3.63, 3.8) is 0 Å². The molecule has 0 saturated carbocycles. The minimum atomic E-state index is -0.756. The highest BCUT2D eigenvalue weighted by Gasteiger charge is 2.07. The van der Waals surface area contributed by atoms with Gasteiger partial charge >= 0.3 is 5.97 Å². The van der Waals surface area contributed by atoms with E-state index in [1.165, 1.54) is 11.1 Å². The fourth-order valence-corrected chi connectivity index (χ4v) is 3.07. The summed E-state index contributed by atoms with van der Waals surface area (Å²) in [6.45, 7) is 4.12. The van der Waals surface area contributed by atoms with E-state index < -0.39 is 5.97 Å². The molecule has 0 aliphatic rings. The van der Waals surface area contributed by atoms with Crippen molar-refractivity contribution in [2.24, 2.45) is 0 Å². The fourth-order valence-electron chi connectivity index (χ4n) is 2.00. The van der Waals surface area contributed by atoms with Crippen molar-refractivity contribution in [1.29, 1.82) is 0 Å². The molecule has 1 heterocycles. The van der Waals surface area contributed by atoms with Crippen molar-refractivity contribution in [2.75, 3.05) is 5.75 Å². The smallest absolute Gasteiger partial charge is 0.304 e. The molecule has 0 radical (unpaired) electrons. The number of aryl methyl sites for hydroxylation is 2. The van der Waals surface area contributed by atoms with Crippen LogP contribution in [0.25, 0.3) is 10.9 Å². The van der Waals surface area contributed by atoms with Crippen LogP contribution in [-0.4, -0.2) is 21.8 Å². The molecule has 0 aliphatic heterocycles. The first-order valence-electron chi connectivity index (χ1n) is 5.78. The van der Waals surface area contributed by atoms with E-state index in [0.717, 1.165) is 15.8 Å². The molecule has 1 aromatic heterocycles. The molecule has 0 fully saturated rings. The molecule has 1 N–H and O–H groups in total. The summed E-state index contributed by atoms with van der Waals surface area (Å²) in [5.41, 5.74) is 3.36. The number of benzene rings is 1. The van der Waals surface area contributed by atoms with Gasteiger partial charge in [0.05, 0.1) is 11.9 Å².